The number of furan rings is 1. The van der Waals surface area contributed by atoms with E-state index in [9.17, 15) is 9.59 Å². The van der Waals surface area contributed by atoms with Crippen molar-refractivity contribution in [2.75, 3.05) is 7.11 Å². The van der Waals surface area contributed by atoms with Crippen molar-refractivity contribution < 1.29 is 23.5 Å². The summed E-state index contributed by atoms with van der Waals surface area (Å²) in [6.07, 6.45) is 3.65. The SMILES string of the molecule is COc1c(C(=O)OC2CC3CCC(C(N)=O)(C2)N3Cc2ccccc2)oc2cccnc12. The summed E-state index contributed by atoms with van der Waals surface area (Å²) in [7, 11) is 1.46. The van der Waals surface area contributed by atoms with Gasteiger partial charge in [-0.25, -0.2) is 9.78 Å². The van der Waals surface area contributed by atoms with E-state index >= 15 is 0 Å². The molecule has 4 heterocycles. The second kappa shape index (κ2) is 7.94. The molecule has 166 valence electrons. The molecule has 0 radical (unpaired) electrons. The summed E-state index contributed by atoms with van der Waals surface area (Å²) in [5, 5.41) is 0. The normalized spacial score (nSPS) is 25.0. The molecule has 3 aromatic rings. The fourth-order valence-electron chi connectivity index (χ4n) is 5.23. The maximum Gasteiger partial charge on any atom is 0.378 e. The largest absolute Gasteiger partial charge is 0.491 e. The Bertz CT molecular complexity index is 1160. The van der Waals surface area contributed by atoms with Gasteiger partial charge < -0.3 is 19.6 Å². The van der Waals surface area contributed by atoms with Crippen molar-refractivity contribution in [1.82, 2.24) is 9.88 Å². The van der Waals surface area contributed by atoms with Crippen LogP contribution in [0.1, 0.15) is 41.8 Å². The van der Waals surface area contributed by atoms with Gasteiger partial charge in [-0.2, -0.15) is 0 Å². The second-order valence-corrected chi connectivity index (χ2v) is 8.48. The van der Waals surface area contributed by atoms with Crippen LogP contribution in [0.4, 0.5) is 0 Å². The number of carbonyl (C=O) groups excluding carboxylic acids is 2. The Morgan fingerprint density at radius 2 is 2.06 bits per heavy atom. The molecule has 2 aromatic heterocycles. The lowest BCUT2D eigenvalue weighted by Gasteiger charge is -2.45. The summed E-state index contributed by atoms with van der Waals surface area (Å²) in [6, 6.07) is 13.6. The third kappa shape index (κ3) is 3.31. The van der Waals surface area contributed by atoms with Crippen LogP contribution in [-0.2, 0) is 16.1 Å². The number of piperidine rings is 1. The van der Waals surface area contributed by atoms with Gasteiger partial charge in [0.05, 0.1) is 7.11 Å². The number of nitrogens with zero attached hydrogens (tertiary/aromatic N) is 2. The predicted octanol–water partition coefficient (Wildman–Crippen LogP) is 3.04. The first-order chi connectivity index (χ1) is 15.5. The molecule has 1 amide bonds. The zero-order valence-corrected chi connectivity index (χ0v) is 17.8. The van der Waals surface area contributed by atoms with E-state index in [1.807, 2.05) is 30.3 Å². The highest BCUT2D eigenvalue weighted by Gasteiger charge is 2.56. The van der Waals surface area contributed by atoms with Crippen molar-refractivity contribution in [2.45, 2.75) is 49.9 Å². The Morgan fingerprint density at radius 3 is 2.81 bits per heavy atom. The van der Waals surface area contributed by atoms with E-state index in [1.165, 1.54) is 7.11 Å². The summed E-state index contributed by atoms with van der Waals surface area (Å²) < 4.78 is 16.9. The third-order valence-electron chi connectivity index (χ3n) is 6.70. The molecule has 2 aliphatic heterocycles. The maximum absolute atomic E-state index is 13.0. The van der Waals surface area contributed by atoms with Crippen molar-refractivity contribution in [3.05, 3.63) is 60.0 Å². The molecule has 8 heteroatoms. The number of nitrogens with two attached hydrogens (primary N) is 1. The van der Waals surface area contributed by atoms with Crippen LogP contribution in [0, 0.1) is 0 Å². The average molecular weight is 435 g/mol. The molecule has 2 fully saturated rings. The molecular formula is C24H25N3O5. The van der Waals surface area contributed by atoms with Gasteiger partial charge in [0.15, 0.2) is 16.8 Å². The van der Waals surface area contributed by atoms with Crippen molar-refractivity contribution in [2.24, 2.45) is 5.73 Å². The van der Waals surface area contributed by atoms with Crippen LogP contribution < -0.4 is 10.5 Å². The van der Waals surface area contributed by atoms with Gasteiger partial charge in [-0.1, -0.05) is 30.3 Å². The summed E-state index contributed by atoms with van der Waals surface area (Å²) >= 11 is 0. The number of primary amides is 1. The van der Waals surface area contributed by atoms with Gasteiger partial charge in [0.1, 0.15) is 11.6 Å². The third-order valence-corrected chi connectivity index (χ3v) is 6.70. The van der Waals surface area contributed by atoms with E-state index in [-0.39, 0.29) is 23.5 Å². The number of aromatic nitrogens is 1. The highest BCUT2D eigenvalue weighted by atomic mass is 16.6. The molecule has 1 aromatic carbocycles. The zero-order valence-electron chi connectivity index (χ0n) is 17.8. The molecule has 8 nitrogen and oxygen atoms in total. The Hall–Kier alpha value is -3.39. The van der Waals surface area contributed by atoms with E-state index in [0.717, 1.165) is 12.0 Å². The van der Waals surface area contributed by atoms with Crippen LogP contribution in [0.15, 0.2) is 53.1 Å². The van der Waals surface area contributed by atoms with E-state index in [4.69, 9.17) is 19.6 Å². The first kappa shape index (κ1) is 20.5. The Kier molecular flexibility index (Phi) is 5.09. The van der Waals surface area contributed by atoms with Gasteiger partial charge in [-0.3, -0.25) is 9.69 Å². The number of hydrogen-bond donors (Lipinski definition) is 1. The van der Waals surface area contributed by atoms with E-state index in [0.29, 0.717) is 36.9 Å². The van der Waals surface area contributed by atoms with Crippen LogP contribution >= 0.6 is 0 Å². The topological polar surface area (TPSA) is 108 Å². The Morgan fingerprint density at radius 1 is 1.25 bits per heavy atom. The number of amides is 1. The summed E-state index contributed by atoms with van der Waals surface area (Å²) in [4.78, 5) is 32.1. The number of rotatable bonds is 6. The molecule has 2 aliphatic rings. The molecule has 0 aliphatic carbocycles. The van der Waals surface area contributed by atoms with Gasteiger partial charge in [0.2, 0.25) is 5.91 Å². The van der Waals surface area contributed by atoms with E-state index < -0.39 is 17.6 Å². The average Bonchev–Trinajstić information content (AvgIpc) is 3.27. The number of esters is 1. The molecule has 2 saturated heterocycles. The van der Waals surface area contributed by atoms with Crippen LogP contribution in [-0.4, -0.2) is 46.6 Å². The number of carbonyl (C=O) groups is 2. The van der Waals surface area contributed by atoms with Crippen LogP contribution in [0.3, 0.4) is 0 Å². The van der Waals surface area contributed by atoms with Crippen molar-refractivity contribution in [1.29, 1.82) is 0 Å². The molecule has 0 spiro atoms. The fourth-order valence-corrected chi connectivity index (χ4v) is 5.23. The standard InChI is InChI=1S/C24H25N3O5/c1-30-20-19-18(8-5-11-26-19)32-21(20)22(28)31-17-12-16-9-10-24(13-17,23(25)29)27(16)14-15-6-3-2-4-7-15/h2-8,11,16-17H,9-10,12-14H2,1H3,(H2,25,29). The summed E-state index contributed by atoms with van der Waals surface area (Å²) in [5.74, 6) is -0.768. The highest BCUT2D eigenvalue weighted by Crippen LogP contribution is 2.46. The molecule has 2 bridgehead atoms. The quantitative estimate of drug-likeness (QED) is 0.593. The van der Waals surface area contributed by atoms with Crippen LogP contribution in [0.2, 0.25) is 0 Å². The minimum atomic E-state index is -0.830. The minimum absolute atomic E-state index is 0.0200. The van der Waals surface area contributed by atoms with Gasteiger partial charge in [-0.15, -0.1) is 0 Å². The van der Waals surface area contributed by atoms with E-state index in [1.54, 1.807) is 18.3 Å². The Labute approximate surface area is 185 Å². The lowest BCUT2D eigenvalue weighted by atomic mass is 9.85. The number of benzene rings is 1. The molecule has 5 rings (SSSR count). The lowest BCUT2D eigenvalue weighted by molar-refractivity contribution is -0.136. The van der Waals surface area contributed by atoms with Crippen molar-refractivity contribution in [3.63, 3.8) is 0 Å². The number of ether oxygens (including phenoxy) is 2. The predicted molar refractivity (Wildman–Crippen MR) is 116 cm³/mol. The second-order valence-electron chi connectivity index (χ2n) is 8.48. The van der Waals surface area contributed by atoms with Crippen LogP contribution in [0.25, 0.3) is 11.1 Å². The van der Waals surface area contributed by atoms with Gasteiger partial charge >= 0.3 is 5.97 Å². The minimum Gasteiger partial charge on any atom is -0.491 e. The fraction of sp³-hybridized carbons (Fsp3) is 0.375. The smallest absolute Gasteiger partial charge is 0.378 e. The maximum atomic E-state index is 13.0. The number of pyridine rings is 1. The van der Waals surface area contributed by atoms with Crippen LogP contribution in [0.5, 0.6) is 5.75 Å². The molecule has 32 heavy (non-hydrogen) atoms. The highest BCUT2D eigenvalue weighted by molar-refractivity contribution is 5.97. The molecular weight excluding hydrogens is 410 g/mol. The van der Waals surface area contributed by atoms with Gasteiger partial charge in [0, 0.05) is 31.6 Å². The monoisotopic (exact) mass is 435 g/mol. The van der Waals surface area contributed by atoms with Gasteiger partial charge in [-0.05, 0) is 30.5 Å². The molecule has 0 saturated carbocycles. The summed E-state index contributed by atoms with van der Waals surface area (Å²) in [6.45, 7) is 0.637. The molecule has 3 unspecified atom stereocenters. The Balaban J connectivity index is 1.38. The van der Waals surface area contributed by atoms with Gasteiger partial charge in [0.25, 0.3) is 5.76 Å². The number of hydrogen-bond acceptors (Lipinski definition) is 7. The van der Waals surface area contributed by atoms with E-state index in [2.05, 4.69) is 9.88 Å². The first-order valence-electron chi connectivity index (χ1n) is 10.7. The summed E-state index contributed by atoms with van der Waals surface area (Å²) in [5.41, 5.74) is 7.12. The van der Waals surface area contributed by atoms with Crippen molar-refractivity contribution in [3.8, 4) is 5.75 Å². The number of fused-ring (bicyclic) bond motifs is 3. The lowest BCUT2D eigenvalue weighted by Crippen LogP contribution is -2.60. The molecule has 3 atom stereocenters. The molecule has 2 N–H and O–H groups in total. The van der Waals surface area contributed by atoms with Crippen molar-refractivity contribution >= 4 is 23.0 Å². The number of methoxy groups -OCH3 is 1. The zero-order chi connectivity index (χ0) is 22.3. The first-order valence-corrected chi connectivity index (χ1v) is 10.7.